The van der Waals surface area contributed by atoms with E-state index in [0.717, 1.165) is 11.0 Å². The monoisotopic (exact) mass is 434 g/mol. The molecule has 7 nitrogen and oxygen atoms in total. The van der Waals surface area contributed by atoms with Gasteiger partial charge in [0.2, 0.25) is 5.91 Å². The number of benzene rings is 2. The van der Waals surface area contributed by atoms with Crippen LogP contribution in [0, 0.1) is 5.82 Å². The standard InChI is InChI=1S/C21H24ClFN4O3/c1-3-29-9-8-27-18-11-15(30-19-7-4-14(23)10-16(19)22)5-6-17(18)26-20(27)12-25-21(28)13(2)24/h4-7,10-11,13H,3,8-9,12,24H2,1-2H3,(H,25,28)/t13-/m0/s1. The van der Waals surface area contributed by atoms with Crippen LogP contribution in [0.2, 0.25) is 5.02 Å². The first-order valence-electron chi connectivity index (χ1n) is 9.62. The van der Waals surface area contributed by atoms with Gasteiger partial charge in [-0.15, -0.1) is 0 Å². The average molecular weight is 435 g/mol. The van der Waals surface area contributed by atoms with Gasteiger partial charge in [0.25, 0.3) is 0 Å². The van der Waals surface area contributed by atoms with Crippen molar-refractivity contribution in [3.05, 3.63) is 53.1 Å². The molecule has 0 bridgehead atoms. The number of nitrogens with zero attached hydrogens (tertiary/aromatic N) is 2. The predicted octanol–water partition coefficient (Wildman–Crippen LogP) is 3.62. The molecule has 0 aliphatic heterocycles. The Morgan fingerprint density at radius 1 is 1.33 bits per heavy atom. The molecule has 1 amide bonds. The lowest BCUT2D eigenvalue weighted by atomic mass is 10.3. The average Bonchev–Trinajstić information content (AvgIpc) is 3.05. The summed E-state index contributed by atoms with van der Waals surface area (Å²) in [7, 11) is 0. The van der Waals surface area contributed by atoms with Crippen molar-refractivity contribution in [2.24, 2.45) is 5.73 Å². The number of nitrogens with two attached hydrogens (primary N) is 1. The highest BCUT2D eigenvalue weighted by Gasteiger charge is 2.15. The van der Waals surface area contributed by atoms with Gasteiger partial charge in [-0.1, -0.05) is 11.6 Å². The van der Waals surface area contributed by atoms with Gasteiger partial charge in [0.15, 0.2) is 0 Å². The van der Waals surface area contributed by atoms with Crippen LogP contribution in [-0.4, -0.2) is 34.7 Å². The van der Waals surface area contributed by atoms with E-state index in [2.05, 4.69) is 10.3 Å². The first kappa shape index (κ1) is 22.0. The van der Waals surface area contributed by atoms with Gasteiger partial charge in [-0.25, -0.2) is 9.37 Å². The minimum atomic E-state index is -0.605. The molecule has 1 heterocycles. The number of rotatable bonds is 9. The Morgan fingerprint density at radius 2 is 2.13 bits per heavy atom. The highest BCUT2D eigenvalue weighted by molar-refractivity contribution is 6.32. The van der Waals surface area contributed by atoms with Gasteiger partial charge in [0.1, 0.15) is 23.1 Å². The third-order valence-corrected chi connectivity index (χ3v) is 4.71. The molecule has 30 heavy (non-hydrogen) atoms. The zero-order valence-electron chi connectivity index (χ0n) is 16.8. The molecule has 3 rings (SSSR count). The lowest BCUT2D eigenvalue weighted by Crippen LogP contribution is -2.38. The quantitative estimate of drug-likeness (QED) is 0.502. The Kier molecular flexibility index (Phi) is 7.25. The molecule has 3 N–H and O–H groups in total. The van der Waals surface area contributed by atoms with E-state index in [1.54, 1.807) is 13.0 Å². The minimum absolute atomic E-state index is 0.180. The maximum absolute atomic E-state index is 13.3. The summed E-state index contributed by atoms with van der Waals surface area (Å²) in [6.45, 7) is 5.42. The van der Waals surface area contributed by atoms with Gasteiger partial charge in [-0.05, 0) is 44.2 Å². The molecule has 0 fully saturated rings. The summed E-state index contributed by atoms with van der Waals surface area (Å²) in [5.41, 5.74) is 7.18. The summed E-state index contributed by atoms with van der Waals surface area (Å²) in [6.07, 6.45) is 0. The van der Waals surface area contributed by atoms with E-state index in [9.17, 15) is 9.18 Å². The molecule has 2 aromatic carbocycles. The fourth-order valence-corrected chi connectivity index (χ4v) is 3.12. The van der Waals surface area contributed by atoms with E-state index in [-0.39, 0.29) is 17.5 Å². The molecule has 0 aliphatic carbocycles. The lowest BCUT2D eigenvalue weighted by molar-refractivity contribution is -0.122. The van der Waals surface area contributed by atoms with Crippen LogP contribution in [0.4, 0.5) is 4.39 Å². The van der Waals surface area contributed by atoms with E-state index < -0.39 is 11.9 Å². The highest BCUT2D eigenvalue weighted by atomic mass is 35.5. The van der Waals surface area contributed by atoms with Crippen LogP contribution in [0.1, 0.15) is 19.7 Å². The number of hydrogen-bond donors (Lipinski definition) is 2. The van der Waals surface area contributed by atoms with Crippen LogP contribution in [0.15, 0.2) is 36.4 Å². The van der Waals surface area contributed by atoms with Crippen molar-refractivity contribution >= 4 is 28.5 Å². The van der Waals surface area contributed by atoms with Crippen LogP contribution < -0.4 is 15.8 Å². The number of halogens is 2. The van der Waals surface area contributed by atoms with Crippen LogP contribution >= 0.6 is 11.6 Å². The second kappa shape index (κ2) is 9.88. The van der Waals surface area contributed by atoms with Crippen LogP contribution in [0.5, 0.6) is 11.5 Å². The van der Waals surface area contributed by atoms with Crippen LogP contribution in [-0.2, 0) is 22.6 Å². The van der Waals surface area contributed by atoms with Gasteiger partial charge in [0.05, 0.1) is 35.2 Å². The fourth-order valence-electron chi connectivity index (χ4n) is 2.91. The SMILES string of the molecule is CCOCCn1c(CNC(=O)[C@H](C)N)nc2ccc(Oc3ccc(F)cc3Cl)cc21. The lowest BCUT2D eigenvalue weighted by Gasteiger charge is -2.12. The van der Waals surface area contributed by atoms with Crippen molar-refractivity contribution in [2.45, 2.75) is 33.0 Å². The molecule has 9 heteroatoms. The molecule has 160 valence electrons. The van der Waals surface area contributed by atoms with E-state index in [0.29, 0.717) is 37.1 Å². The number of ether oxygens (including phenoxy) is 2. The third kappa shape index (κ3) is 5.27. The van der Waals surface area contributed by atoms with Gasteiger partial charge in [-0.3, -0.25) is 4.79 Å². The molecule has 0 aliphatic rings. The summed E-state index contributed by atoms with van der Waals surface area (Å²) in [4.78, 5) is 16.5. The van der Waals surface area contributed by atoms with Crippen LogP contribution in [0.3, 0.4) is 0 Å². The molecule has 0 radical (unpaired) electrons. The Labute approximate surface area is 178 Å². The molecule has 0 saturated carbocycles. The molecule has 3 aromatic rings. The van der Waals surface area contributed by atoms with E-state index in [1.807, 2.05) is 23.6 Å². The minimum Gasteiger partial charge on any atom is -0.456 e. The predicted molar refractivity (Wildman–Crippen MR) is 113 cm³/mol. The zero-order valence-corrected chi connectivity index (χ0v) is 17.6. The molecule has 1 aromatic heterocycles. The normalized spacial score (nSPS) is 12.2. The number of carbonyl (C=O) groups excluding carboxylic acids is 1. The number of nitrogens with one attached hydrogen (secondary N) is 1. The van der Waals surface area contributed by atoms with Gasteiger partial charge in [0, 0.05) is 19.2 Å². The van der Waals surface area contributed by atoms with Crippen molar-refractivity contribution in [2.75, 3.05) is 13.2 Å². The van der Waals surface area contributed by atoms with Crippen molar-refractivity contribution in [1.82, 2.24) is 14.9 Å². The van der Waals surface area contributed by atoms with Gasteiger partial charge < -0.3 is 25.1 Å². The molecule has 0 saturated heterocycles. The number of carbonyl (C=O) groups is 1. The largest absolute Gasteiger partial charge is 0.456 e. The summed E-state index contributed by atoms with van der Waals surface area (Å²) in [5, 5.41) is 2.96. The van der Waals surface area contributed by atoms with E-state index in [4.69, 9.17) is 26.8 Å². The van der Waals surface area contributed by atoms with E-state index >= 15 is 0 Å². The Bertz CT molecular complexity index is 1040. The number of fused-ring (bicyclic) bond motifs is 1. The molecular weight excluding hydrogens is 411 g/mol. The smallest absolute Gasteiger partial charge is 0.237 e. The highest BCUT2D eigenvalue weighted by Crippen LogP contribution is 2.31. The topological polar surface area (TPSA) is 91.4 Å². The first-order valence-corrected chi connectivity index (χ1v) is 10.00. The van der Waals surface area contributed by atoms with Crippen molar-refractivity contribution in [3.63, 3.8) is 0 Å². The summed E-state index contributed by atoms with van der Waals surface area (Å²) < 4.78 is 26.6. The number of aromatic nitrogens is 2. The van der Waals surface area contributed by atoms with Crippen molar-refractivity contribution in [1.29, 1.82) is 0 Å². The summed E-state index contributed by atoms with van der Waals surface area (Å²) in [5.74, 6) is 0.862. The second-order valence-corrected chi connectivity index (χ2v) is 7.12. The number of imidazole rings is 1. The summed E-state index contributed by atoms with van der Waals surface area (Å²) >= 11 is 6.06. The van der Waals surface area contributed by atoms with Crippen molar-refractivity contribution < 1.29 is 18.7 Å². The zero-order chi connectivity index (χ0) is 21.7. The van der Waals surface area contributed by atoms with Gasteiger partial charge >= 0.3 is 0 Å². The fraction of sp³-hybridized carbons (Fsp3) is 0.333. The maximum Gasteiger partial charge on any atom is 0.237 e. The first-order chi connectivity index (χ1) is 14.4. The molecular formula is C21H24ClFN4O3. The Morgan fingerprint density at radius 3 is 2.83 bits per heavy atom. The van der Waals surface area contributed by atoms with Crippen LogP contribution in [0.25, 0.3) is 11.0 Å². The maximum atomic E-state index is 13.3. The van der Waals surface area contributed by atoms with E-state index in [1.165, 1.54) is 18.2 Å². The number of hydrogen-bond acceptors (Lipinski definition) is 5. The second-order valence-electron chi connectivity index (χ2n) is 6.71. The molecule has 0 unspecified atom stereocenters. The van der Waals surface area contributed by atoms with Crippen molar-refractivity contribution in [3.8, 4) is 11.5 Å². The Balaban J connectivity index is 1.91. The molecule has 0 spiro atoms. The van der Waals surface area contributed by atoms with Gasteiger partial charge in [-0.2, -0.15) is 0 Å². The summed E-state index contributed by atoms with van der Waals surface area (Å²) in [6, 6.07) is 8.75. The Hall–Kier alpha value is -2.68. The molecule has 1 atom stereocenters. The number of amides is 1. The third-order valence-electron chi connectivity index (χ3n) is 4.42.